The molecule has 0 aliphatic rings. The summed E-state index contributed by atoms with van der Waals surface area (Å²) in [5.41, 5.74) is -0.401. The molecular weight excluding hydrogens is 200 g/mol. The molecule has 84 valence electrons. The highest BCUT2D eigenvalue weighted by Crippen LogP contribution is 2.22. The minimum absolute atomic E-state index is 0.219. The maximum atomic E-state index is 13.0. The molecule has 0 amide bonds. The number of halogens is 2. The molecule has 2 N–H and O–H groups in total. The molecule has 1 aromatic carbocycles. The Morgan fingerprint density at radius 1 is 1.27 bits per heavy atom. The van der Waals surface area contributed by atoms with Crippen LogP contribution in [0.3, 0.4) is 0 Å². The van der Waals surface area contributed by atoms with Crippen LogP contribution in [0.5, 0.6) is 0 Å². The summed E-state index contributed by atoms with van der Waals surface area (Å²) in [6.07, 6.45) is 0. The molecule has 1 rings (SSSR count). The Balaban J connectivity index is 3.11. The molecule has 2 nitrogen and oxygen atoms in total. The maximum Gasteiger partial charge on any atom is 0.126 e. The van der Waals surface area contributed by atoms with E-state index in [4.69, 9.17) is 0 Å². The van der Waals surface area contributed by atoms with Crippen LogP contribution < -0.4 is 5.32 Å². The van der Waals surface area contributed by atoms with Crippen LogP contribution in [0.2, 0.25) is 0 Å². The highest BCUT2D eigenvalue weighted by Gasteiger charge is 2.25. The summed E-state index contributed by atoms with van der Waals surface area (Å²) < 4.78 is 26.0. The summed E-state index contributed by atoms with van der Waals surface area (Å²) in [5, 5.41) is 12.2. The number of hydrogen-bond acceptors (Lipinski definition) is 2. The van der Waals surface area contributed by atoms with E-state index in [9.17, 15) is 13.9 Å². The quantitative estimate of drug-likeness (QED) is 0.802. The fourth-order valence-corrected chi connectivity index (χ4v) is 1.51. The molecule has 0 aromatic heterocycles. The van der Waals surface area contributed by atoms with Gasteiger partial charge < -0.3 is 10.4 Å². The van der Waals surface area contributed by atoms with E-state index in [0.29, 0.717) is 12.1 Å². The summed E-state index contributed by atoms with van der Waals surface area (Å²) in [4.78, 5) is 0. The largest absolute Gasteiger partial charge is 0.394 e. The van der Waals surface area contributed by atoms with E-state index < -0.39 is 17.2 Å². The first kappa shape index (κ1) is 12.1. The molecular formula is C11H15F2NO. The summed E-state index contributed by atoms with van der Waals surface area (Å²) >= 11 is 0. The molecule has 1 unspecified atom stereocenters. The number of benzene rings is 1. The average Bonchev–Trinajstić information content (AvgIpc) is 2.16. The second-order valence-electron chi connectivity index (χ2n) is 3.68. The normalized spacial score (nSPS) is 15.0. The average molecular weight is 215 g/mol. The van der Waals surface area contributed by atoms with E-state index in [0.717, 1.165) is 6.07 Å². The predicted octanol–water partition coefficient (Wildman–Crippen LogP) is 1.78. The first-order valence-electron chi connectivity index (χ1n) is 4.84. The van der Waals surface area contributed by atoms with Gasteiger partial charge in [0.2, 0.25) is 0 Å². The molecule has 0 saturated heterocycles. The van der Waals surface area contributed by atoms with Crippen LogP contribution in [0.1, 0.15) is 19.4 Å². The summed E-state index contributed by atoms with van der Waals surface area (Å²) in [5.74, 6) is -1.27. The monoisotopic (exact) mass is 215 g/mol. The van der Waals surface area contributed by atoms with Gasteiger partial charge in [0.15, 0.2) is 0 Å². The van der Waals surface area contributed by atoms with Crippen molar-refractivity contribution < 1.29 is 13.9 Å². The number of nitrogens with one attached hydrogen (secondary N) is 1. The maximum absolute atomic E-state index is 13.0. The van der Waals surface area contributed by atoms with Gasteiger partial charge in [-0.05, 0) is 31.2 Å². The third kappa shape index (κ3) is 2.73. The van der Waals surface area contributed by atoms with E-state index in [1.165, 1.54) is 12.1 Å². The zero-order chi connectivity index (χ0) is 11.5. The fraction of sp³-hybridized carbons (Fsp3) is 0.455. The lowest BCUT2D eigenvalue weighted by atomic mass is 9.92. The highest BCUT2D eigenvalue weighted by molar-refractivity contribution is 5.25. The molecule has 0 aliphatic carbocycles. The van der Waals surface area contributed by atoms with E-state index in [1.54, 1.807) is 6.92 Å². The molecule has 0 saturated carbocycles. The van der Waals surface area contributed by atoms with Gasteiger partial charge in [0, 0.05) is 6.07 Å². The summed E-state index contributed by atoms with van der Waals surface area (Å²) in [7, 11) is 0. The van der Waals surface area contributed by atoms with Crippen LogP contribution in [0.15, 0.2) is 18.2 Å². The molecule has 0 fully saturated rings. The van der Waals surface area contributed by atoms with E-state index >= 15 is 0 Å². The number of aliphatic hydroxyl groups excluding tert-OH is 1. The van der Waals surface area contributed by atoms with Crippen LogP contribution >= 0.6 is 0 Å². The zero-order valence-electron chi connectivity index (χ0n) is 8.85. The highest BCUT2D eigenvalue weighted by atomic mass is 19.1. The Hall–Kier alpha value is -1.00. The van der Waals surface area contributed by atoms with Gasteiger partial charge >= 0.3 is 0 Å². The Kier molecular flexibility index (Phi) is 3.77. The molecule has 15 heavy (non-hydrogen) atoms. The van der Waals surface area contributed by atoms with Crippen LogP contribution in [0.25, 0.3) is 0 Å². The molecule has 0 bridgehead atoms. The van der Waals surface area contributed by atoms with Gasteiger partial charge in [-0.3, -0.25) is 0 Å². The zero-order valence-corrected chi connectivity index (χ0v) is 8.85. The summed E-state index contributed by atoms with van der Waals surface area (Å²) in [6.45, 7) is 3.95. The van der Waals surface area contributed by atoms with Gasteiger partial charge in [-0.2, -0.15) is 0 Å². The second kappa shape index (κ2) is 4.68. The van der Waals surface area contributed by atoms with Crippen molar-refractivity contribution in [3.8, 4) is 0 Å². The minimum atomic E-state index is -0.808. The third-order valence-electron chi connectivity index (χ3n) is 2.38. The van der Waals surface area contributed by atoms with Gasteiger partial charge in [-0.15, -0.1) is 0 Å². The van der Waals surface area contributed by atoms with Crippen LogP contribution in [-0.4, -0.2) is 18.3 Å². The first-order valence-corrected chi connectivity index (χ1v) is 4.84. The lowest BCUT2D eigenvalue weighted by Crippen LogP contribution is -2.42. The number of likely N-dealkylation sites (N-methyl/N-ethyl adjacent to an activating group) is 1. The summed E-state index contributed by atoms with van der Waals surface area (Å²) in [6, 6.07) is 3.26. The topological polar surface area (TPSA) is 32.3 Å². The van der Waals surface area contributed by atoms with Gasteiger partial charge in [0.05, 0.1) is 12.1 Å². The van der Waals surface area contributed by atoms with Crippen molar-refractivity contribution in [2.75, 3.05) is 13.2 Å². The molecule has 0 heterocycles. The Morgan fingerprint density at radius 2 is 1.80 bits per heavy atom. The Morgan fingerprint density at radius 3 is 2.20 bits per heavy atom. The predicted molar refractivity (Wildman–Crippen MR) is 54.5 cm³/mol. The third-order valence-corrected chi connectivity index (χ3v) is 2.38. The SMILES string of the molecule is CCNC(C)(CO)c1cc(F)cc(F)c1. The Bertz CT molecular complexity index is 323. The molecule has 4 heteroatoms. The second-order valence-corrected chi connectivity index (χ2v) is 3.68. The van der Waals surface area contributed by atoms with Crippen molar-refractivity contribution in [3.05, 3.63) is 35.4 Å². The van der Waals surface area contributed by atoms with Crippen LogP contribution in [0.4, 0.5) is 8.78 Å². The molecule has 0 spiro atoms. The van der Waals surface area contributed by atoms with Crippen molar-refractivity contribution >= 4 is 0 Å². The van der Waals surface area contributed by atoms with Crippen LogP contribution in [-0.2, 0) is 5.54 Å². The minimum Gasteiger partial charge on any atom is -0.394 e. The van der Waals surface area contributed by atoms with Gasteiger partial charge in [-0.1, -0.05) is 6.92 Å². The van der Waals surface area contributed by atoms with Gasteiger partial charge in [-0.25, -0.2) is 8.78 Å². The van der Waals surface area contributed by atoms with E-state index in [1.807, 2.05) is 6.92 Å². The van der Waals surface area contributed by atoms with Crippen molar-refractivity contribution in [1.29, 1.82) is 0 Å². The lowest BCUT2D eigenvalue weighted by molar-refractivity contribution is 0.176. The van der Waals surface area contributed by atoms with Crippen molar-refractivity contribution in [1.82, 2.24) is 5.32 Å². The van der Waals surface area contributed by atoms with Gasteiger partial charge in [0.1, 0.15) is 11.6 Å². The molecule has 0 radical (unpaired) electrons. The number of rotatable bonds is 4. The smallest absolute Gasteiger partial charge is 0.126 e. The Labute approximate surface area is 87.9 Å². The van der Waals surface area contributed by atoms with Crippen molar-refractivity contribution in [3.63, 3.8) is 0 Å². The van der Waals surface area contributed by atoms with E-state index in [2.05, 4.69) is 5.32 Å². The number of hydrogen-bond donors (Lipinski definition) is 2. The number of aliphatic hydroxyl groups is 1. The molecule has 0 aliphatic heterocycles. The first-order chi connectivity index (χ1) is 7.01. The van der Waals surface area contributed by atoms with Gasteiger partial charge in [0.25, 0.3) is 0 Å². The molecule has 1 atom stereocenters. The lowest BCUT2D eigenvalue weighted by Gasteiger charge is -2.29. The fourth-order valence-electron chi connectivity index (χ4n) is 1.51. The van der Waals surface area contributed by atoms with Crippen molar-refractivity contribution in [2.24, 2.45) is 0 Å². The van der Waals surface area contributed by atoms with E-state index in [-0.39, 0.29) is 6.61 Å². The standard InChI is InChI=1S/C11H15F2NO/c1-3-14-11(2,7-15)8-4-9(12)6-10(13)5-8/h4-6,14-15H,3,7H2,1-2H3. The van der Waals surface area contributed by atoms with Crippen LogP contribution in [0, 0.1) is 11.6 Å². The van der Waals surface area contributed by atoms with Crippen molar-refractivity contribution in [2.45, 2.75) is 19.4 Å². The molecule has 1 aromatic rings.